The highest BCUT2D eigenvalue weighted by molar-refractivity contribution is 9.10. The maximum Gasteiger partial charge on any atom is 0.148 e. The predicted molar refractivity (Wildman–Crippen MR) is 52.4 cm³/mol. The molecule has 4 heteroatoms. The average Bonchev–Trinajstić information content (AvgIpc) is 2.44. The van der Waals surface area contributed by atoms with Crippen LogP contribution in [0.4, 0.5) is 5.82 Å². The molecular weight excluding hydrogens is 218 g/mol. The molecule has 66 valence electrons. The zero-order valence-corrected chi connectivity index (χ0v) is 8.69. The molecule has 0 aromatic carbocycles. The van der Waals surface area contributed by atoms with Crippen LogP contribution in [-0.4, -0.2) is 16.1 Å². The van der Waals surface area contributed by atoms with Crippen molar-refractivity contribution in [3.05, 3.63) is 10.4 Å². The number of fused-ring (bicyclic) bond motifs is 1. The van der Waals surface area contributed by atoms with Crippen molar-refractivity contribution in [2.75, 3.05) is 11.9 Å². The summed E-state index contributed by atoms with van der Waals surface area (Å²) >= 11 is 3.45. The Kier molecular flexibility index (Phi) is 2.09. The number of halogens is 1. The summed E-state index contributed by atoms with van der Waals surface area (Å²) in [6.07, 6.45) is 2.20. The second-order valence-corrected chi connectivity index (χ2v) is 3.70. The van der Waals surface area contributed by atoms with Gasteiger partial charge in [-0.2, -0.15) is 0 Å². The van der Waals surface area contributed by atoms with Gasteiger partial charge in [-0.15, -0.1) is 0 Å². The first-order chi connectivity index (χ1) is 5.83. The summed E-state index contributed by atoms with van der Waals surface area (Å²) in [6, 6.07) is 0. The van der Waals surface area contributed by atoms with Gasteiger partial charge in [0.2, 0.25) is 0 Å². The van der Waals surface area contributed by atoms with Gasteiger partial charge in [-0.05, 0) is 22.4 Å². The van der Waals surface area contributed by atoms with E-state index in [1.54, 1.807) is 0 Å². The lowest BCUT2D eigenvalue weighted by Crippen LogP contribution is -2.18. The molecule has 0 amide bonds. The maximum atomic E-state index is 4.43. The number of hydrogen-bond donors (Lipinski definition) is 1. The summed E-state index contributed by atoms with van der Waals surface area (Å²) in [5.41, 5.74) is 0. The molecule has 1 N–H and O–H groups in total. The zero-order chi connectivity index (χ0) is 8.55. The quantitative estimate of drug-likeness (QED) is 0.799. The van der Waals surface area contributed by atoms with E-state index in [0.29, 0.717) is 0 Å². The van der Waals surface area contributed by atoms with E-state index >= 15 is 0 Å². The smallest absolute Gasteiger partial charge is 0.148 e. The van der Waals surface area contributed by atoms with Crippen LogP contribution in [0, 0.1) is 0 Å². The fourth-order valence-corrected chi connectivity index (χ4v) is 2.15. The lowest BCUT2D eigenvalue weighted by Gasteiger charge is -2.17. The SMILES string of the molecule is CCc1nc(Br)c2n1CCCN2. The highest BCUT2D eigenvalue weighted by Crippen LogP contribution is 2.26. The van der Waals surface area contributed by atoms with Crippen molar-refractivity contribution >= 4 is 21.7 Å². The van der Waals surface area contributed by atoms with Gasteiger partial charge in [0.1, 0.15) is 16.2 Å². The monoisotopic (exact) mass is 229 g/mol. The summed E-state index contributed by atoms with van der Waals surface area (Å²) < 4.78 is 3.21. The van der Waals surface area contributed by atoms with E-state index in [9.17, 15) is 0 Å². The van der Waals surface area contributed by atoms with Crippen LogP contribution in [-0.2, 0) is 13.0 Å². The number of anilines is 1. The molecule has 0 fully saturated rings. The van der Waals surface area contributed by atoms with E-state index in [0.717, 1.165) is 29.9 Å². The van der Waals surface area contributed by atoms with E-state index in [-0.39, 0.29) is 0 Å². The number of aryl methyl sites for hydroxylation is 1. The van der Waals surface area contributed by atoms with Gasteiger partial charge in [0, 0.05) is 19.5 Å². The molecule has 0 spiro atoms. The molecule has 12 heavy (non-hydrogen) atoms. The van der Waals surface area contributed by atoms with Crippen molar-refractivity contribution in [2.45, 2.75) is 26.3 Å². The molecule has 0 saturated carbocycles. The molecule has 0 aliphatic carbocycles. The van der Waals surface area contributed by atoms with Crippen LogP contribution < -0.4 is 5.32 Å². The van der Waals surface area contributed by atoms with Crippen molar-refractivity contribution in [1.29, 1.82) is 0 Å². The summed E-state index contributed by atoms with van der Waals surface area (Å²) in [5, 5.41) is 3.34. The van der Waals surface area contributed by atoms with E-state index in [1.165, 1.54) is 12.2 Å². The lowest BCUT2D eigenvalue weighted by atomic mass is 10.3. The Balaban J connectivity index is 2.47. The van der Waals surface area contributed by atoms with Crippen LogP contribution in [0.5, 0.6) is 0 Å². The molecule has 0 bridgehead atoms. The van der Waals surface area contributed by atoms with Gasteiger partial charge in [0.15, 0.2) is 0 Å². The number of rotatable bonds is 1. The predicted octanol–water partition coefficient (Wildman–Crippen LogP) is 2.02. The van der Waals surface area contributed by atoms with Crippen molar-refractivity contribution < 1.29 is 0 Å². The van der Waals surface area contributed by atoms with E-state index < -0.39 is 0 Å². The van der Waals surface area contributed by atoms with Crippen LogP contribution in [0.3, 0.4) is 0 Å². The second-order valence-electron chi connectivity index (χ2n) is 2.95. The van der Waals surface area contributed by atoms with Gasteiger partial charge < -0.3 is 9.88 Å². The Morgan fingerprint density at radius 1 is 1.67 bits per heavy atom. The number of hydrogen-bond acceptors (Lipinski definition) is 2. The van der Waals surface area contributed by atoms with Gasteiger partial charge in [-0.1, -0.05) is 6.92 Å². The van der Waals surface area contributed by atoms with E-state index in [4.69, 9.17) is 0 Å². The zero-order valence-electron chi connectivity index (χ0n) is 7.10. The van der Waals surface area contributed by atoms with Crippen molar-refractivity contribution in [3.8, 4) is 0 Å². The maximum absolute atomic E-state index is 4.43. The van der Waals surface area contributed by atoms with Gasteiger partial charge in [-0.25, -0.2) is 4.98 Å². The van der Waals surface area contributed by atoms with Crippen LogP contribution in [0.2, 0.25) is 0 Å². The van der Waals surface area contributed by atoms with Crippen molar-refractivity contribution in [1.82, 2.24) is 9.55 Å². The summed E-state index contributed by atoms with van der Waals surface area (Å²) in [6.45, 7) is 4.30. The third-order valence-corrected chi connectivity index (χ3v) is 2.72. The first kappa shape index (κ1) is 8.10. The molecule has 1 aromatic rings. The molecule has 1 aliphatic rings. The van der Waals surface area contributed by atoms with Gasteiger partial charge in [0.25, 0.3) is 0 Å². The van der Waals surface area contributed by atoms with Gasteiger partial charge in [0.05, 0.1) is 0 Å². The second kappa shape index (κ2) is 3.09. The normalized spacial score (nSPS) is 15.5. The summed E-state index contributed by atoms with van der Waals surface area (Å²) in [4.78, 5) is 4.43. The third kappa shape index (κ3) is 1.14. The lowest BCUT2D eigenvalue weighted by molar-refractivity contribution is 0.603. The Hall–Kier alpha value is -0.510. The number of imidazole rings is 1. The molecule has 0 atom stereocenters. The molecule has 1 aliphatic heterocycles. The number of nitrogens with one attached hydrogen (secondary N) is 1. The van der Waals surface area contributed by atoms with Crippen LogP contribution in [0.25, 0.3) is 0 Å². The molecule has 2 rings (SSSR count). The molecular formula is C8H12BrN3. The first-order valence-electron chi connectivity index (χ1n) is 4.31. The fraction of sp³-hybridized carbons (Fsp3) is 0.625. The van der Waals surface area contributed by atoms with Crippen molar-refractivity contribution in [3.63, 3.8) is 0 Å². The molecule has 0 saturated heterocycles. The first-order valence-corrected chi connectivity index (χ1v) is 5.11. The minimum Gasteiger partial charge on any atom is -0.369 e. The van der Waals surface area contributed by atoms with E-state index in [2.05, 4.69) is 37.7 Å². The molecule has 1 aromatic heterocycles. The number of nitrogens with zero attached hydrogens (tertiary/aromatic N) is 2. The largest absolute Gasteiger partial charge is 0.369 e. The fourth-order valence-electron chi connectivity index (χ4n) is 1.59. The van der Waals surface area contributed by atoms with Crippen LogP contribution >= 0.6 is 15.9 Å². The third-order valence-electron chi connectivity index (χ3n) is 2.17. The Bertz CT molecular complexity index is 293. The Labute approximate surface area is 80.3 Å². The summed E-state index contributed by atoms with van der Waals surface area (Å²) in [7, 11) is 0. The van der Waals surface area contributed by atoms with Gasteiger partial charge in [-0.3, -0.25) is 0 Å². The average molecular weight is 230 g/mol. The topological polar surface area (TPSA) is 29.9 Å². The highest BCUT2D eigenvalue weighted by Gasteiger charge is 2.16. The van der Waals surface area contributed by atoms with Crippen molar-refractivity contribution in [2.24, 2.45) is 0 Å². The minimum absolute atomic E-state index is 0.957. The molecule has 3 nitrogen and oxygen atoms in total. The van der Waals surface area contributed by atoms with Gasteiger partial charge >= 0.3 is 0 Å². The molecule has 0 unspecified atom stereocenters. The standard InChI is InChI=1S/C8H12BrN3/c1-2-6-11-7(9)8-10-4-3-5-12(6)8/h10H,2-5H2,1H3. The van der Waals surface area contributed by atoms with Crippen LogP contribution in [0.15, 0.2) is 4.60 Å². The molecule has 2 heterocycles. The minimum atomic E-state index is 0.957. The Morgan fingerprint density at radius 2 is 2.50 bits per heavy atom. The van der Waals surface area contributed by atoms with E-state index in [1.807, 2.05) is 0 Å². The van der Waals surface area contributed by atoms with Crippen LogP contribution in [0.1, 0.15) is 19.2 Å². The highest BCUT2D eigenvalue weighted by atomic mass is 79.9. The summed E-state index contributed by atoms with van der Waals surface area (Å²) in [5.74, 6) is 2.32. The number of aromatic nitrogens is 2. The Morgan fingerprint density at radius 3 is 3.25 bits per heavy atom. The molecule has 0 radical (unpaired) electrons.